The van der Waals surface area contributed by atoms with Crippen molar-refractivity contribution in [1.29, 1.82) is 0 Å². The van der Waals surface area contributed by atoms with Gasteiger partial charge in [0.25, 0.3) is 5.69 Å². The van der Waals surface area contributed by atoms with Gasteiger partial charge in [-0.1, -0.05) is 12.1 Å². The number of carbonyl (C=O) groups is 1. The Morgan fingerprint density at radius 1 is 1.50 bits per heavy atom. The van der Waals surface area contributed by atoms with Gasteiger partial charge in [-0.2, -0.15) is 0 Å². The molecule has 0 radical (unpaired) electrons. The molecule has 18 heavy (non-hydrogen) atoms. The molecule has 2 rings (SSSR count). The van der Waals surface area contributed by atoms with E-state index in [2.05, 4.69) is 5.32 Å². The van der Waals surface area contributed by atoms with Crippen molar-refractivity contribution in [3.05, 3.63) is 39.4 Å². The number of nitrogens with two attached hydrogens (primary N) is 1. The Morgan fingerprint density at radius 3 is 2.89 bits per heavy atom. The molecule has 0 unspecified atom stereocenters. The van der Waals surface area contributed by atoms with Gasteiger partial charge in [0.2, 0.25) is 5.91 Å². The molecule has 96 valence electrons. The van der Waals surface area contributed by atoms with Crippen molar-refractivity contribution in [3.63, 3.8) is 0 Å². The van der Waals surface area contributed by atoms with Crippen LogP contribution in [-0.4, -0.2) is 17.4 Å². The third kappa shape index (κ3) is 2.48. The standard InChI is InChI=1S/C12H15N3O3/c13-7-8-1-2-10(11(5-8)15(17)18)9-3-4-14-12(16)6-9/h1-2,5,9H,3-4,6-7,13H2,(H,14,16)/t9-/m0/s1. The summed E-state index contributed by atoms with van der Waals surface area (Å²) in [5, 5.41) is 13.8. The lowest BCUT2D eigenvalue weighted by Gasteiger charge is -2.22. The Balaban J connectivity index is 2.36. The third-order valence-corrected chi connectivity index (χ3v) is 3.21. The molecular formula is C12H15N3O3. The van der Waals surface area contributed by atoms with Crippen molar-refractivity contribution in [3.8, 4) is 0 Å². The van der Waals surface area contributed by atoms with Crippen molar-refractivity contribution in [1.82, 2.24) is 5.32 Å². The van der Waals surface area contributed by atoms with Gasteiger partial charge in [-0.05, 0) is 12.0 Å². The van der Waals surface area contributed by atoms with Crippen LogP contribution in [0.15, 0.2) is 18.2 Å². The molecule has 1 heterocycles. The number of hydrogen-bond donors (Lipinski definition) is 2. The van der Waals surface area contributed by atoms with Crippen molar-refractivity contribution in [2.45, 2.75) is 25.3 Å². The van der Waals surface area contributed by atoms with Gasteiger partial charge in [-0.25, -0.2) is 0 Å². The van der Waals surface area contributed by atoms with Gasteiger partial charge >= 0.3 is 0 Å². The van der Waals surface area contributed by atoms with Crippen LogP contribution in [0.25, 0.3) is 0 Å². The number of nitro groups is 1. The minimum absolute atomic E-state index is 0.0524. The highest BCUT2D eigenvalue weighted by molar-refractivity contribution is 5.78. The summed E-state index contributed by atoms with van der Waals surface area (Å²) in [6, 6.07) is 5.01. The average Bonchev–Trinajstić information content (AvgIpc) is 2.38. The number of benzene rings is 1. The van der Waals surface area contributed by atoms with Crippen LogP contribution in [0, 0.1) is 10.1 Å². The van der Waals surface area contributed by atoms with Crippen LogP contribution in [0.1, 0.15) is 29.9 Å². The molecule has 6 nitrogen and oxygen atoms in total. The summed E-state index contributed by atoms with van der Waals surface area (Å²) in [5.41, 5.74) is 6.91. The molecule has 0 bridgehead atoms. The van der Waals surface area contributed by atoms with Gasteiger partial charge in [0.1, 0.15) is 0 Å². The smallest absolute Gasteiger partial charge is 0.273 e. The van der Waals surface area contributed by atoms with E-state index in [9.17, 15) is 14.9 Å². The summed E-state index contributed by atoms with van der Waals surface area (Å²) in [5.74, 6) is -0.130. The summed E-state index contributed by atoms with van der Waals surface area (Å²) < 4.78 is 0. The molecule has 1 fully saturated rings. The Bertz CT molecular complexity index is 487. The number of nitro benzene ring substituents is 1. The maximum atomic E-state index is 11.4. The van der Waals surface area contributed by atoms with Crippen LogP contribution in [0.3, 0.4) is 0 Å². The average molecular weight is 249 g/mol. The number of rotatable bonds is 3. The third-order valence-electron chi connectivity index (χ3n) is 3.21. The van der Waals surface area contributed by atoms with E-state index in [4.69, 9.17) is 5.73 Å². The normalized spacial score (nSPS) is 19.4. The van der Waals surface area contributed by atoms with Crippen molar-refractivity contribution in [2.24, 2.45) is 5.73 Å². The van der Waals surface area contributed by atoms with Gasteiger partial charge in [0.05, 0.1) is 4.92 Å². The molecule has 6 heteroatoms. The molecule has 1 amide bonds. The van der Waals surface area contributed by atoms with E-state index >= 15 is 0 Å². The van der Waals surface area contributed by atoms with E-state index in [0.717, 1.165) is 12.0 Å². The fourth-order valence-corrected chi connectivity index (χ4v) is 2.27. The number of carbonyl (C=O) groups excluding carboxylic acids is 1. The van der Waals surface area contributed by atoms with Crippen molar-refractivity contribution < 1.29 is 9.72 Å². The summed E-state index contributed by atoms with van der Waals surface area (Å²) >= 11 is 0. The predicted octanol–water partition coefficient (Wildman–Crippen LogP) is 1.05. The largest absolute Gasteiger partial charge is 0.356 e. The molecule has 1 aliphatic rings. The number of piperidine rings is 1. The fourth-order valence-electron chi connectivity index (χ4n) is 2.27. The first kappa shape index (κ1) is 12.5. The lowest BCUT2D eigenvalue weighted by atomic mass is 9.88. The Labute approximate surface area is 104 Å². The Kier molecular flexibility index (Phi) is 3.57. The zero-order chi connectivity index (χ0) is 13.1. The first-order valence-electron chi connectivity index (χ1n) is 5.85. The van der Waals surface area contributed by atoms with Crippen LogP contribution in [-0.2, 0) is 11.3 Å². The molecule has 0 aliphatic carbocycles. The quantitative estimate of drug-likeness (QED) is 0.617. The van der Waals surface area contributed by atoms with Gasteiger partial charge in [-0.3, -0.25) is 14.9 Å². The lowest BCUT2D eigenvalue weighted by Crippen LogP contribution is -2.32. The first-order chi connectivity index (χ1) is 8.61. The fraction of sp³-hybridized carbons (Fsp3) is 0.417. The van der Waals surface area contributed by atoms with Gasteiger partial charge in [0.15, 0.2) is 0 Å². The minimum Gasteiger partial charge on any atom is -0.356 e. The highest BCUT2D eigenvalue weighted by atomic mass is 16.6. The van der Waals surface area contributed by atoms with Crippen LogP contribution >= 0.6 is 0 Å². The highest BCUT2D eigenvalue weighted by Crippen LogP contribution is 2.33. The van der Waals surface area contributed by atoms with E-state index in [1.807, 2.05) is 0 Å². The maximum absolute atomic E-state index is 11.4. The number of amides is 1. The van der Waals surface area contributed by atoms with E-state index in [-0.39, 0.29) is 24.1 Å². The molecule has 3 N–H and O–H groups in total. The van der Waals surface area contributed by atoms with Gasteiger partial charge in [0, 0.05) is 37.1 Å². The second-order valence-electron chi connectivity index (χ2n) is 4.39. The van der Waals surface area contributed by atoms with E-state index in [1.54, 1.807) is 12.1 Å². The Hall–Kier alpha value is -1.95. The highest BCUT2D eigenvalue weighted by Gasteiger charge is 2.27. The topological polar surface area (TPSA) is 98.3 Å². The first-order valence-corrected chi connectivity index (χ1v) is 5.85. The molecule has 0 spiro atoms. The van der Waals surface area contributed by atoms with E-state index < -0.39 is 4.92 Å². The van der Waals surface area contributed by atoms with Crippen molar-refractivity contribution >= 4 is 11.6 Å². The molecular weight excluding hydrogens is 234 g/mol. The minimum atomic E-state index is -0.402. The molecule has 0 saturated carbocycles. The second-order valence-corrected chi connectivity index (χ2v) is 4.39. The Morgan fingerprint density at radius 2 is 2.28 bits per heavy atom. The van der Waals surface area contributed by atoms with Gasteiger partial charge in [-0.15, -0.1) is 0 Å². The number of nitrogens with zero attached hydrogens (tertiary/aromatic N) is 1. The molecule has 1 aliphatic heterocycles. The van der Waals surface area contributed by atoms with E-state index in [0.29, 0.717) is 18.5 Å². The molecule has 1 aromatic rings. The van der Waals surface area contributed by atoms with Crippen LogP contribution in [0.4, 0.5) is 5.69 Å². The SMILES string of the molecule is NCc1ccc([C@H]2CCNC(=O)C2)c([N+](=O)[O-])c1. The lowest BCUT2D eigenvalue weighted by molar-refractivity contribution is -0.385. The van der Waals surface area contributed by atoms with Crippen molar-refractivity contribution in [2.75, 3.05) is 6.54 Å². The van der Waals surface area contributed by atoms with Crippen LogP contribution in [0.2, 0.25) is 0 Å². The summed E-state index contributed by atoms with van der Waals surface area (Å²) in [6.07, 6.45) is 1.04. The second kappa shape index (κ2) is 5.14. The van der Waals surface area contributed by atoms with Crippen LogP contribution in [0.5, 0.6) is 0 Å². The maximum Gasteiger partial charge on any atom is 0.273 e. The molecule has 1 aromatic carbocycles. The van der Waals surface area contributed by atoms with Crippen LogP contribution < -0.4 is 11.1 Å². The molecule has 1 saturated heterocycles. The number of nitrogens with one attached hydrogen (secondary N) is 1. The predicted molar refractivity (Wildman–Crippen MR) is 66.0 cm³/mol. The summed E-state index contributed by atoms with van der Waals surface area (Å²) in [7, 11) is 0. The summed E-state index contributed by atoms with van der Waals surface area (Å²) in [6.45, 7) is 0.839. The zero-order valence-electron chi connectivity index (χ0n) is 9.89. The molecule has 0 aromatic heterocycles. The van der Waals surface area contributed by atoms with Gasteiger partial charge < -0.3 is 11.1 Å². The summed E-state index contributed by atoms with van der Waals surface area (Å²) in [4.78, 5) is 22.0. The monoisotopic (exact) mass is 249 g/mol. The zero-order valence-corrected chi connectivity index (χ0v) is 9.89. The molecule has 1 atom stereocenters. The van der Waals surface area contributed by atoms with E-state index in [1.165, 1.54) is 6.07 Å². The number of hydrogen-bond acceptors (Lipinski definition) is 4.